The van der Waals surface area contributed by atoms with Gasteiger partial charge in [0.1, 0.15) is 5.75 Å². The van der Waals surface area contributed by atoms with Crippen molar-refractivity contribution in [1.29, 1.82) is 0 Å². The molecular formula is C14H15BrN2O. The van der Waals surface area contributed by atoms with Crippen LogP contribution in [0.25, 0.3) is 10.9 Å². The quantitative estimate of drug-likeness (QED) is 0.786. The lowest BCUT2D eigenvalue weighted by Crippen LogP contribution is -2.13. The molecule has 0 aliphatic carbocycles. The van der Waals surface area contributed by atoms with Crippen LogP contribution in [0.5, 0.6) is 5.75 Å². The van der Waals surface area contributed by atoms with E-state index in [1.807, 2.05) is 6.07 Å². The molecule has 2 aromatic rings. The maximum Gasteiger partial charge on any atom is 0.130 e. The third kappa shape index (κ3) is 1.80. The first-order valence-corrected chi connectivity index (χ1v) is 6.98. The Hall–Kier alpha value is -1.13. The molecule has 0 saturated carbocycles. The summed E-state index contributed by atoms with van der Waals surface area (Å²) < 4.78 is 0.747. The van der Waals surface area contributed by atoms with Gasteiger partial charge < -0.3 is 10.4 Å². The third-order valence-electron chi connectivity index (χ3n) is 3.60. The molecule has 1 aliphatic rings. The molecule has 0 atom stereocenters. The van der Waals surface area contributed by atoms with Gasteiger partial charge in [-0.15, -0.1) is 0 Å². The van der Waals surface area contributed by atoms with Crippen LogP contribution in [0.15, 0.2) is 16.6 Å². The number of fused-ring (bicyclic) bond motifs is 2. The zero-order valence-corrected chi connectivity index (χ0v) is 11.8. The highest BCUT2D eigenvalue weighted by atomic mass is 79.9. The summed E-state index contributed by atoms with van der Waals surface area (Å²) in [6, 6.07) is 3.58. The summed E-state index contributed by atoms with van der Waals surface area (Å²) in [5.74, 6) is 0.272. The van der Waals surface area contributed by atoms with E-state index >= 15 is 0 Å². The minimum atomic E-state index is 0.272. The van der Waals surface area contributed by atoms with Crippen molar-refractivity contribution in [1.82, 2.24) is 10.3 Å². The van der Waals surface area contributed by atoms with Crippen LogP contribution in [-0.4, -0.2) is 16.6 Å². The summed E-state index contributed by atoms with van der Waals surface area (Å²) in [5.41, 5.74) is 4.65. The fourth-order valence-corrected chi connectivity index (χ4v) is 3.25. The van der Waals surface area contributed by atoms with Crippen LogP contribution in [-0.2, 0) is 13.0 Å². The lowest BCUT2D eigenvalue weighted by atomic mass is 10.00. The lowest BCUT2D eigenvalue weighted by molar-refractivity contribution is 0.473. The van der Waals surface area contributed by atoms with Gasteiger partial charge >= 0.3 is 0 Å². The predicted octanol–water partition coefficient (Wildman–Crippen LogP) is 3.05. The number of benzene rings is 1. The first-order chi connectivity index (χ1) is 8.68. The van der Waals surface area contributed by atoms with E-state index in [0.717, 1.165) is 41.3 Å². The standard InChI is InChI=1S/C14H15BrN2O/c1-8-9-7-16-6-2-3-10(9)17-11-4-5-12(18)14(15)13(8)11/h4-5,16,18H,2-3,6-7H2,1H3. The molecule has 0 unspecified atom stereocenters. The van der Waals surface area contributed by atoms with Crippen LogP contribution < -0.4 is 5.32 Å². The van der Waals surface area contributed by atoms with Crippen LogP contribution in [0.4, 0.5) is 0 Å². The summed E-state index contributed by atoms with van der Waals surface area (Å²) in [5, 5.41) is 14.3. The van der Waals surface area contributed by atoms with E-state index in [2.05, 4.69) is 28.2 Å². The number of pyridine rings is 1. The highest BCUT2D eigenvalue weighted by molar-refractivity contribution is 9.10. The number of aryl methyl sites for hydroxylation is 2. The van der Waals surface area contributed by atoms with E-state index in [4.69, 9.17) is 4.98 Å². The largest absolute Gasteiger partial charge is 0.507 e. The van der Waals surface area contributed by atoms with Crippen LogP contribution in [0.1, 0.15) is 23.2 Å². The molecule has 18 heavy (non-hydrogen) atoms. The number of aromatic nitrogens is 1. The monoisotopic (exact) mass is 306 g/mol. The van der Waals surface area contributed by atoms with E-state index in [1.165, 1.54) is 16.8 Å². The molecule has 1 aliphatic heterocycles. The number of rotatable bonds is 0. The fourth-order valence-electron chi connectivity index (χ4n) is 2.62. The number of hydrogen-bond donors (Lipinski definition) is 2. The van der Waals surface area contributed by atoms with Gasteiger partial charge in [0.15, 0.2) is 0 Å². The summed E-state index contributed by atoms with van der Waals surface area (Å²) in [4.78, 5) is 4.76. The number of halogens is 1. The Morgan fingerprint density at radius 1 is 1.39 bits per heavy atom. The highest BCUT2D eigenvalue weighted by Crippen LogP contribution is 2.35. The first kappa shape index (κ1) is 11.9. The molecule has 2 heterocycles. The molecule has 0 fully saturated rings. The van der Waals surface area contributed by atoms with Gasteiger partial charge in [-0.05, 0) is 65.5 Å². The molecule has 0 radical (unpaired) electrons. The van der Waals surface area contributed by atoms with Crippen molar-refractivity contribution in [2.75, 3.05) is 6.54 Å². The number of phenolic OH excluding ortho intramolecular Hbond substituents is 1. The van der Waals surface area contributed by atoms with Crippen molar-refractivity contribution >= 4 is 26.8 Å². The molecule has 3 nitrogen and oxygen atoms in total. The second-order valence-corrected chi connectivity index (χ2v) is 5.53. The van der Waals surface area contributed by atoms with Crippen LogP contribution >= 0.6 is 15.9 Å². The van der Waals surface area contributed by atoms with E-state index < -0.39 is 0 Å². The van der Waals surface area contributed by atoms with Crippen molar-refractivity contribution in [3.05, 3.63) is 33.4 Å². The Bertz CT molecular complexity index is 625. The Labute approximate surface area is 114 Å². The Kier molecular flexibility index (Phi) is 2.99. The second-order valence-electron chi connectivity index (χ2n) is 4.74. The predicted molar refractivity (Wildman–Crippen MR) is 75.9 cm³/mol. The molecule has 0 saturated heterocycles. The van der Waals surface area contributed by atoms with Gasteiger partial charge in [-0.1, -0.05) is 0 Å². The van der Waals surface area contributed by atoms with Gasteiger partial charge in [-0.2, -0.15) is 0 Å². The molecular weight excluding hydrogens is 292 g/mol. The maximum absolute atomic E-state index is 9.81. The van der Waals surface area contributed by atoms with Crippen LogP contribution in [0, 0.1) is 6.92 Å². The summed E-state index contributed by atoms with van der Waals surface area (Å²) in [6.07, 6.45) is 2.15. The van der Waals surface area contributed by atoms with Crippen molar-refractivity contribution in [2.24, 2.45) is 0 Å². The Morgan fingerprint density at radius 3 is 3.06 bits per heavy atom. The lowest BCUT2D eigenvalue weighted by Gasteiger charge is -2.14. The van der Waals surface area contributed by atoms with Crippen molar-refractivity contribution in [2.45, 2.75) is 26.3 Å². The zero-order valence-electron chi connectivity index (χ0n) is 10.3. The normalized spacial score (nSPS) is 15.4. The molecule has 3 rings (SSSR count). The highest BCUT2D eigenvalue weighted by Gasteiger charge is 2.17. The second kappa shape index (κ2) is 4.52. The van der Waals surface area contributed by atoms with Gasteiger partial charge in [0.2, 0.25) is 0 Å². The molecule has 1 aromatic carbocycles. The fraction of sp³-hybridized carbons (Fsp3) is 0.357. The Morgan fingerprint density at radius 2 is 2.22 bits per heavy atom. The average Bonchev–Trinajstić information content (AvgIpc) is 2.59. The van der Waals surface area contributed by atoms with E-state index in [0.29, 0.717) is 0 Å². The van der Waals surface area contributed by atoms with Gasteiger partial charge in [-0.3, -0.25) is 4.98 Å². The van der Waals surface area contributed by atoms with Gasteiger partial charge in [0, 0.05) is 17.6 Å². The summed E-state index contributed by atoms with van der Waals surface area (Å²) in [6.45, 7) is 4.02. The minimum Gasteiger partial charge on any atom is -0.507 e. The van der Waals surface area contributed by atoms with Gasteiger partial charge in [-0.25, -0.2) is 0 Å². The SMILES string of the molecule is Cc1c2c(nc3ccc(O)c(Br)c13)CCCNC2. The smallest absolute Gasteiger partial charge is 0.130 e. The van der Waals surface area contributed by atoms with E-state index in [1.54, 1.807) is 6.07 Å². The summed E-state index contributed by atoms with van der Waals surface area (Å²) >= 11 is 3.47. The van der Waals surface area contributed by atoms with Crippen molar-refractivity contribution in [3.8, 4) is 5.75 Å². The number of nitrogens with zero attached hydrogens (tertiary/aromatic N) is 1. The first-order valence-electron chi connectivity index (χ1n) is 6.18. The van der Waals surface area contributed by atoms with E-state index in [9.17, 15) is 5.11 Å². The maximum atomic E-state index is 9.81. The molecule has 0 amide bonds. The van der Waals surface area contributed by atoms with Crippen LogP contribution in [0.3, 0.4) is 0 Å². The minimum absolute atomic E-state index is 0.272. The Balaban J connectivity index is 2.35. The third-order valence-corrected chi connectivity index (χ3v) is 4.40. The van der Waals surface area contributed by atoms with Crippen molar-refractivity contribution < 1.29 is 5.11 Å². The molecule has 0 bridgehead atoms. The molecule has 0 spiro atoms. The zero-order chi connectivity index (χ0) is 12.7. The number of hydrogen-bond acceptors (Lipinski definition) is 3. The van der Waals surface area contributed by atoms with Gasteiger partial charge in [0.05, 0.1) is 9.99 Å². The molecule has 1 aromatic heterocycles. The van der Waals surface area contributed by atoms with Gasteiger partial charge in [0.25, 0.3) is 0 Å². The number of nitrogens with one attached hydrogen (secondary N) is 1. The molecule has 94 valence electrons. The summed E-state index contributed by atoms with van der Waals surface area (Å²) in [7, 11) is 0. The van der Waals surface area contributed by atoms with Crippen molar-refractivity contribution in [3.63, 3.8) is 0 Å². The molecule has 2 N–H and O–H groups in total. The topological polar surface area (TPSA) is 45.2 Å². The molecule has 4 heteroatoms. The number of phenols is 1. The van der Waals surface area contributed by atoms with E-state index in [-0.39, 0.29) is 5.75 Å². The van der Waals surface area contributed by atoms with Crippen LogP contribution in [0.2, 0.25) is 0 Å². The number of aromatic hydroxyl groups is 1. The average molecular weight is 307 g/mol.